The van der Waals surface area contributed by atoms with Crippen molar-refractivity contribution in [3.8, 4) is 11.5 Å². The van der Waals surface area contributed by atoms with Crippen LogP contribution >= 0.6 is 28.1 Å². The second-order valence-electron chi connectivity index (χ2n) is 3.57. The molecule has 0 bridgehead atoms. The Morgan fingerprint density at radius 3 is 2.44 bits per heavy atom. The normalized spacial score (nSPS) is 10.1. The minimum Gasteiger partial charge on any atom is -0.456 e. The summed E-state index contributed by atoms with van der Waals surface area (Å²) in [5, 5.41) is 0. The number of rotatable bonds is 3. The van der Waals surface area contributed by atoms with Crippen molar-refractivity contribution >= 4 is 33.1 Å². The molecular weight excluding hydrogens is 317 g/mol. The van der Waals surface area contributed by atoms with Crippen LogP contribution in [0.3, 0.4) is 0 Å². The van der Waals surface area contributed by atoms with Gasteiger partial charge in [0.25, 0.3) is 0 Å². The summed E-state index contributed by atoms with van der Waals surface area (Å²) in [7, 11) is 0. The fraction of sp³-hybridized carbons (Fsp3) is 0. The fourth-order valence-corrected chi connectivity index (χ4v) is 1.83. The van der Waals surface area contributed by atoms with E-state index in [2.05, 4.69) is 15.9 Å². The Morgan fingerprint density at radius 1 is 1.17 bits per heavy atom. The maximum absolute atomic E-state index is 13.1. The van der Waals surface area contributed by atoms with Crippen LogP contribution in [-0.2, 0) is 0 Å². The Hall–Kier alpha value is -1.46. The molecule has 0 fully saturated rings. The van der Waals surface area contributed by atoms with Crippen LogP contribution in [0.4, 0.5) is 4.39 Å². The van der Waals surface area contributed by atoms with E-state index < -0.39 is 0 Å². The molecule has 0 spiro atoms. The molecule has 0 aromatic heterocycles. The van der Waals surface area contributed by atoms with E-state index in [9.17, 15) is 4.39 Å². The average Bonchev–Trinajstić information content (AvgIpc) is 2.34. The number of thiocarbonyl (C=S) groups is 1. The van der Waals surface area contributed by atoms with Gasteiger partial charge in [-0.1, -0.05) is 12.2 Å². The smallest absolute Gasteiger partial charge is 0.144 e. The molecule has 0 heterocycles. The highest BCUT2D eigenvalue weighted by Crippen LogP contribution is 2.30. The summed E-state index contributed by atoms with van der Waals surface area (Å²) in [6, 6.07) is 11.2. The summed E-state index contributed by atoms with van der Waals surface area (Å²) in [6.45, 7) is 0. The van der Waals surface area contributed by atoms with Crippen molar-refractivity contribution in [1.82, 2.24) is 0 Å². The molecule has 0 radical (unpaired) electrons. The average molecular weight is 326 g/mol. The van der Waals surface area contributed by atoms with Crippen molar-refractivity contribution in [2.75, 3.05) is 0 Å². The molecule has 0 aliphatic carbocycles. The molecule has 0 atom stereocenters. The van der Waals surface area contributed by atoms with Gasteiger partial charge in [-0.15, -0.1) is 0 Å². The van der Waals surface area contributed by atoms with Crippen LogP contribution in [0.25, 0.3) is 0 Å². The van der Waals surface area contributed by atoms with Gasteiger partial charge >= 0.3 is 0 Å². The van der Waals surface area contributed by atoms with E-state index in [0.29, 0.717) is 21.0 Å². The number of benzene rings is 2. The van der Waals surface area contributed by atoms with Gasteiger partial charge in [0, 0.05) is 11.6 Å². The predicted molar refractivity (Wildman–Crippen MR) is 76.5 cm³/mol. The standard InChI is InChI=1S/C13H9BrFNOS/c14-11-6-3-9(15)7-12(11)17-10-4-1-8(2-5-10)13(16)18/h1-7H,(H2,16,18). The van der Waals surface area contributed by atoms with Crippen molar-refractivity contribution in [2.45, 2.75) is 0 Å². The highest BCUT2D eigenvalue weighted by molar-refractivity contribution is 9.10. The van der Waals surface area contributed by atoms with Gasteiger partial charge in [-0.25, -0.2) is 4.39 Å². The molecule has 0 aliphatic heterocycles. The first kappa shape index (κ1) is 13.0. The molecule has 2 aromatic carbocycles. The molecule has 0 saturated carbocycles. The van der Waals surface area contributed by atoms with Crippen LogP contribution in [0.1, 0.15) is 5.56 Å². The zero-order valence-electron chi connectivity index (χ0n) is 9.19. The van der Waals surface area contributed by atoms with E-state index in [1.807, 2.05) is 0 Å². The van der Waals surface area contributed by atoms with E-state index in [1.54, 1.807) is 30.3 Å². The van der Waals surface area contributed by atoms with Crippen LogP contribution in [-0.4, -0.2) is 4.99 Å². The Balaban J connectivity index is 2.23. The third kappa shape index (κ3) is 3.05. The topological polar surface area (TPSA) is 35.2 Å². The lowest BCUT2D eigenvalue weighted by atomic mass is 10.2. The maximum Gasteiger partial charge on any atom is 0.144 e. The lowest BCUT2D eigenvalue weighted by Crippen LogP contribution is -2.08. The monoisotopic (exact) mass is 325 g/mol. The fourth-order valence-electron chi connectivity index (χ4n) is 1.37. The molecule has 5 heteroatoms. The number of halogens is 2. The van der Waals surface area contributed by atoms with E-state index in [4.69, 9.17) is 22.7 Å². The first-order valence-electron chi connectivity index (χ1n) is 5.09. The van der Waals surface area contributed by atoms with E-state index >= 15 is 0 Å². The first-order chi connectivity index (χ1) is 8.56. The lowest BCUT2D eigenvalue weighted by Gasteiger charge is -2.08. The molecule has 0 unspecified atom stereocenters. The number of nitrogens with two attached hydrogens (primary N) is 1. The van der Waals surface area contributed by atoms with Crippen LogP contribution in [0, 0.1) is 5.82 Å². The van der Waals surface area contributed by atoms with Gasteiger partial charge in [0.1, 0.15) is 22.3 Å². The van der Waals surface area contributed by atoms with E-state index in [1.165, 1.54) is 12.1 Å². The molecule has 2 aromatic rings. The van der Waals surface area contributed by atoms with E-state index in [-0.39, 0.29) is 5.82 Å². The molecule has 2 nitrogen and oxygen atoms in total. The van der Waals surface area contributed by atoms with Crippen LogP contribution < -0.4 is 10.5 Å². The number of ether oxygens (including phenoxy) is 1. The quantitative estimate of drug-likeness (QED) is 0.866. The molecule has 0 saturated heterocycles. The minimum atomic E-state index is -0.354. The minimum absolute atomic E-state index is 0.327. The van der Waals surface area contributed by atoms with Gasteiger partial charge in [0.15, 0.2) is 0 Å². The van der Waals surface area contributed by atoms with Crippen molar-refractivity contribution in [3.63, 3.8) is 0 Å². The SMILES string of the molecule is NC(=S)c1ccc(Oc2cc(F)ccc2Br)cc1. The highest BCUT2D eigenvalue weighted by Gasteiger charge is 2.05. The van der Waals surface area contributed by atoms with Crippen molar-refractivity contribution < 1.29 is 9.13 Å². The lowest BCUT2D eigenvalue weighted by molar-refractivity contribution is 0.473. The zero-order valence-corrected chi connectivity index (χ0v) is 11.6. The molecule has 2 N–H and O–H groups in total. The molecule has 0 aliphatic rings. The van der Waals surface area contributed by atoms with Gasteiger partial charge < -0.3 is 10.5 Å². The van der Waals surface area contributed by atoms with Crippen molar-refractivity contribution in [3.05, 3.63) is 58.3 Å². The van der Waals surface area contributed by atoms with Crippen molar-refractivity contribution in [1.29, 1.82) is 0 Å². The Kier molecular flexibility index (Phi) is 3.93. The molecule has 92 valence electrons. The Morgan fingerprint density at radius 2 is 1.83 bits per heavy atom. The van der Waals surface area contributed by atoms with Gasteiger partial charge in [0.05, 0.1) is 4.47 Å². The summed E-state index contributed by atoms with van der Waals surface area (Å²) in [4.78, 5) is 0.327. The largest absolute Gasteiger partial charge is 0.456 e. The zero-order chi connectivity index (χ0) is 13.1. The summed E-state index contributed by atoms with van der Waals surface area (Å²) < 4.78 is 19.3. The van der Waals surface area contributed by atoms with Gasteiger partial charge in [0.2, 0.25) is 0 Å². The Bertz CT molecular complexity index is 586. The van der Waals surface area contributed by atoms with Gasteiger partial charge in [-0.05, 0) is 52.3 Å². The summed E-state index contributed by atoms with van der Waals surface area (Å²) in [5.41, 5.74) is 6.25. The molecule has 0 amide bonds. The maximum atomic E-state index is 13.1. The van der Waals surface area contributed by atoms with Crippen LogP contribution in [0.15, 0.2) is 46.9 Å². The third-order valence-electron chi connectivity index (χ3n) is 2.26. The predicted octanol–water partition coefficient (Wildman–Crippen LogP) is 4.01. The van der Waals surface area contributed by atoms with Gasteiger partial charge in [-0.2, -0.15) is 0 Å². The second kappa shape index (κ2) is 5.46. The van der Waals surface area contributed by atoms with Crippen molar-refractivity contribution in [2.24, 2.45) is 5.73 Å². The number of hydrogen-bond acceptors (Lipinski definition) is 2. The Labute approximate surface area is 118 Å². The first-order valence-corrected chi connectivity index (χ1v) is 6.29. The van der Waals surface area contributed by atoms with Gasteiger partial charge in [-0.3, -0.25) is 0 Å². The summed E-state index contributed by atoms with van der Waals surface area (Å²) in [5.74, 6) is 0.646. The van der Waals surface area contributed by atoms with E-state index in [0.717, 1.165) is 5.56 Å². The molecule has 18 heavy (non-hydrogen) atoms. The number of hydrogen-bond donors (Lipinski definition) is 1. The molecule has 2 rings (SSSR count). The molecular formula is C13H9BrFNOS. The van der Waals surface area contributed by atoms with Crippen LogP contribution in [0.2, 0.25) is 0 Å². The summed E-state index contributed by atoms with van der Waals surface area (Å²) in [6.07, 6.45) is 0. The summed E-state index contributed by atoms with van der Waals surface area (Å²) >= 11 is 8.15. The second-order valence-corrected chi connectivity index (χ2v) is 4.86. The van der Waals surface area contributed by atoms with Crippen LogP contribution in [0.5, 0.6) is 11.5 Å². The third-order valence-corrected chi connectivity index (χ3v) is 3.15. The highest BCUT2D eigenvalue weighted by atomic mass is 79.9.